The third kappa shape index (κ3) is 3.35. The minimum Gasteiger partial charge on any atom is -0.389 e. The van der Waals surface area contributed by atoms with Gasteiger partial charge in [0.15, 0.2) is 0 Å². The zero-order chi connectivity index (χ0) is 14.0. The van der Waals surface area contributed by atoms with E-state index >= 15 is 0 Å². The molecule has 2 aromatic rings. The normalized spacial score (nSPS) is 10.3. The van der Waals surface area contributed by atoms with Gasteiger partial charge in [-0.1, -0.05) is 35.4 Å². The molecule has 0 saturated heterocycles. The van der Waals surface area contributed by atoms with Gasteiger partial charge in [-0.2, -0.15) is 0 Å². The first-order valence-corrected chi connectivity index (χ1v) is 6.45. The van der Waals surface area contributed by atoms with Gasteiger partial charge in [0.05, 0.1) is 10.7 Å². The maximum Gasteiger partial charge on any atom is 0.135 e. The Kier molecular flexibility index (Phi) is 4.24. The van der Waals surface area contributed by atoms with Gasteiger partial charge in [0.25, 0.3) is 0 Å². The number of nitrogens with one attached hydrogen (secondary N) is 1. The lowest BCUT2D eigenvalue weighted by molar-refractivity contribution is 0.626. The van der Waals surface area contributed by atoms with Crippen molar-refractivity contribution < 1.29 is 4.39 Å². The van der Waals surface area contributed by atoms with E-state index in [2.05, 4.69) is 5.32 Å². The maximum atomic E-state index is 13.7. The fraction of sp³-hybridized carbons (Fsp3) is 0. The summed E-state index contributed by atoms with van der Waals surface area (Å²) in [5.41, 5.74) is 6.78. The summed E-state index contributed by atoms with van der Waals surface area (Å²) in [5.74, 6) is -0.484. The minimum atomic E-state index is -0.484. The van der Waals surface area contributed by atoms with E-state index in [1.54, 1.807) is 24.3 Å². The molecule has 98 valence electrons. The monoisotopic (exact) mass is 314 g/mol. The van der Waals surface area contributed by atoms with Crippen LogP contribution in [0.4, 0.5) is 15.8 Å². The number of anilines is 2. The maximum absolute atomic E-state index is 13.7. The molecule has 0 aromatic heterocycles. The zero-order valence-electron chi connectivity index (χ0n) is 9.58. The van der Waals surface area contributed by atoms with Gasteiger partial charge in [-0.3, -0.25) is 0 Å². The topological polar surface area (TPSA) is 38.0 Å². The standard InChI is InChI=1S/C13H9Cl2FN2S/c14-7-1-4-12(10(15)5-7)18-8-2-3-9(13(17)19)11(16)6-8/h1-6,18H,(H2,17,19). The van der Waals surface area contributed by atoms with Gasteiger partial charge >= 0.3 is 0 Å². The third-order valence-electron chi connectivity index (χ3n) is 2.44. The van der Waals surface area contributed by atoms with Crippen LogP contribution in [-0.4, -0.2) is 4.99 Å². The van der Waals surface area contributed by atoms with Gasteiger partial charge in [-0.15, -0.1) is 0 Å². The number of benzene rings is 2. The van der Waals surface area contributed by atoms with Crippen LogP contribution in [0.3, 0.4) is 0 Å². The summed E-state index contributed by atoms with van der Waals surface area (Å²) in [5, 5.41) is 3.97. The number of halogens is 3. The van der Waals surface area contributed by atoms with Crippen molar-refractivity contribution in [2.75, 3.05) is 5.32 Å². The van der Waals surface area contributed by atoms with Crippen molar-refractivity contribution in [2.24, 2.45) is 5.73 Å². The first kappa shape index (κ1) is 14.1. The molecule has 0 heterocycles. The lowest BCUT2D eigenvalue weighted by Gasteiger charge is -2.10. The lowest BCUT2D eigenvalue weighted by Crippen LogP contribution is -2.11. The molecule has 0 saturated carbocycles. The predicted molar refractivity (Wildman–Crippen MR) is 82.0 cm³/mol. The van der Waals surface area contributed by atoms with E-state index < -0.39 is 5.82 Å². The quantitative estimate of drug-likeness (QED) is 0.819. The van der Waals surface area contributed by atoms with Crippen LogP contribution >= 0.6 is 35.4 Å². The molecule has 0 fully saturated rings. The molecule has 19 heavy (non-hydrogen) atoms. The SMILES string of the molecule is NC(=S)c1ccc(Nc2ccc(Cl)cc2Cl)cc1F. The highest BCUT2D eigenvalue weighted by atomic mass is 35.5. The van der Waals surface area contributed by atoms with Crippen LogP contribution < -0.4 is 11.1 Å². The number of thiocarbonyl (C=S) groups is 1. The molecule has 0 unspecified atom stereocenters. The molecule has 2 rings (SSSR count). The Morgan fingerprint density at radius 2 is 1.89 bits per heavy atom. The van der Waals surface area contributed by atoms with Crippen molar-refractivity contribution in [1.82, 2.24) is 0 Å². The van der Waals surface area contributed by atoms with Crippen LogP contribution in [0.5, 0.6) is 0 Å². The molecule has 2 nitrogen and oxygen atoms in total. The van der Waals surface area contributed by atoms with E-state index in [0.29, 0.717) is 21.4 Å². The molecule has 0 radical (unpaired) electrons. The Hall–Kier alpha value is -1.36. The van der Waals surface area contributed by atoms with Gasteiger partial charge in [0.1, 0.15) is 10.8 Å². The second-order valence-corrected chi connectivity index (χ2v) is 5.09. The van der Waals surface area contributed by atoms with E-state index in [9.17, 15) is 4.39 Å². The fourth-order valence-electron chi connectivity index (χ4n) is 1.54. The van der Waals surface area contributed by atoms with Crippen LogP contribution in [0, 0.1) is 5.82 Å². The molecule has 0 atom stereocenters. The average Bonchev–Trinajstić information content (AvgIpc) is 2.32. The average molecular weight is 315 g/mol. The Morgan fingerprint density at radius 3 is 2.47 bits per heavy atom. The fourth-order valence-corrected chi connectivity index (χ4v) is 2.16. The van der Waals surface area contributed by atoms with Gasteiger partial charge < -0.3 is 11.1 Å². The molecule has 3 N–H and O–H groups in total. The highest BCUT2D eigenvalue weighted by Gasteiger charge is 2.07. The second-order valence-electron chi connectivity index (χ2n) is 3.81. The smallest absolute Gasteiger partial charge is 0.135 e. The molecule has 2 aromatic carbocycles. The highest BCUT2D eigenvalue weighted by Crippen LogP contribution is 2.28. The van der Waals surface area contributed by atoms with Gasteiger partial charge in [0.2, 0.25) is 0 Å². The Bertz CT molecular complexity index is 647. The summed E-state index contributed by atoms with van der Waals surface area (Å²) >= 11 is 16.6. The van der Waals surface area contributed by atoms with E-state index in [1.165, 1.54) is 12.1 Å². The molecular formula is C13H9Cl2FN2S. The largest absolute Gasteiger partial charge is 0.389 e. The zero-order valence-corrected chi connectivity index (χ0v) is 11.9. The van der Waals surface area contributed by atoms with E-state index in [4.69, 9.17) is 41.2 Å². The minimum absolute atomic E-state index is 0.0218. The van der Waals surface area contributed by atoms with Crippen LogP contribution in [0.1, 0.15) is 5.56 Å². The van der Waals surface area contributed by atoms with Gasteiger partial charge in [-0.25, -0.2) is 4.39 Å². The van der Waals surface area contributed by atoms with Gasteiger partial charge in [0, 0.05) is 16.3 Å². The summed E-state index contributed by atoms with van der Waals surface area (Å²) in [7, 11) is 0. The molecule has 0 aliphatic heterocycles. The predicted octanol–water partition coefficient (Wildman–Crippen LogP) is 4.51. The first-order valence-electron chi connectivity index (χ1n) is 5.29. The van der Waals surface area contributed by atoms with E-state index in [-0.39, 0.29) is 10.6 Å². The molecule has 0 aliphatic rings. The van der Waals surface area contributed by atoms with Crippen molar-refractivity contribution in [3.63, 3.8) is 0 Å². The Labute approximate surface area is 125 Å². The lowest BCUT2D eigenvalue weighted by atomic mass is 10.2. The van der Waals surface area contributed by atoms with Crippen molar-refractivity contribution in [2.45, 2.75) is 0 Å². The number of rotatable bonds is 3. The van der Waals surface area contributed by atoms with E-state index in [1.807, 2.05) is 0 Å². The summed E-state index contributed by atoms with van der Waals surface area (Å²) in [6, 6.07) is 9.50. The number of nitrogens with two attached hydrogens (primary N) is 1. The summed E-state index contributed by atoms with van der Waals surface area (Å²) in [6.45, 7) is 0. The Balaban J connectivity index is 2.29. The summed E-state index contributed by atoms with van der Waals surface area (Å²) < 4.78 is 13.7. The van der Waals surface area contributed by atoms with Crippen LogP contribution in [0.25, 0.3) is 0 Å². The highest BCUT2D eigenvalue weighted by molar-refractivity contribution is 7.80. The third-order valence-corrected chi connectivity index (χ3v) is 3.21. The first-order chi connectivity index (χ1) is 8.97. The molecule has 0 spiro atoms. The van der Waals surface area contributed by atoms with Crippen LogP contribution in [0.2, 0.25) is 10.0 Å². The molecule has 6 heteroatoms. The van der Waals surface area contributed by atoms with Crippen molar-refractivity contribution in [3.8, 4) is 0 Å². The molecule has 0 bridgehead atoms. The summed E-state index contributed by atoms with van der Waals surface area (Å²) in [6.07, 6.45) is 0. The molecular weight excluding hydrogens is 306 g/mol. The summed E-state index contributed by atoms with van der Waals surface area (Å²) in [4.78, 5) is 0.0218. The molecule has 0 amide bonds. The van der Waals surface area contributed by atoms with Crippen molar-refractivity contribution in [1.29, 1.82) is 0 Å². The second kappa shape index (κ2) is 5.74. The van der Waals surface area contributed by atoms with Crippen molar-refractivity contribution in [3.05, 3.63) is 57.8 Å². The Morgan fingerprint density at radius 1 is 1.16 bits per heavy atom. The number of hydrogen-bond donors (Lipinski definition) is 2. The van der Waals surface area contributed by atoms with Crippen molar-refractivity contribution >= 4 is 51.8 Å². The van der Waals surface area contributed by atoms with Crippen LogP contribution in [0.15, 0.2) is 36.4 Å². The van der Waals surface area contributed by atoms with Crippen LogP contribution in [-0.2, 0) is 0 Å². The van der Waals surface area contributed by atoms with E-state index in [0.717, 1.165) is 0 Å². The van der Waals surface area contributed by atoms with Gasteiger partial charge in [-0.05, 0) is 36.4 Å². The number of hydrogen-bond acceptors (Lipinski definition) is 2. The molecule has 0 aliphatic carbocycles.